The van der Waals surface area contributed by atoms with Crippen molar-refractivity contribution in [2.24, 2.45) is 5.92 Å². The summed E-state index contributed by atoms with van der Waals surface area (Å²) in [7, 11) is 4.67. The number of rotatable bonds is 21. The smallest absolute Gasteiger partial charge is 0.324 e. The van der Waals surface area contributed by atoms with Crippen molar-refractivity contribution in [1.82, 2.24) is 5.32 Å². The minimum atomic E-state index is -3.30. The van der Waals surface area contributed by atoms with Crippen LogP contribution in [-0.2, 0) is 30.3 Å². The van der Waals surface area contributed by atoms with Crippen LogP contribution < -0.4 is 5.32 Å². The number of hydrogen-bond acceptors (Lipinski definition) is 6. The zero-order valence-corrected chi connectivity index (χ0v) is 24.5. The van der Waals surface area contributed by atoms with E-state index in [-0.39, 0.29) is 18.1 Å². The van der Waals surface area contributed by atoms with Gasteiger partial charge < -0.3 is 28.7 Å². The summed E-state index contributed by atoms with van der Waals surface area (Å²) in [6.07, 6.45) is 18.4. The van der Waals surface area contributed by atoms with Crippen LogP contribution >= 0.6 is 18.9 Å². The Hall–Kier alpha value is 0.340. The molecule has 0 aliphatic heterocycles. The van der Waals surface area contributed by atoms with Crippen molar-refractivity contribution in [3.8, 4) is 0 Å². The van der Waals surface area contributed by atoms with E-state index in [1.165, 1.54) is 84.2 Å². The molecule has 34 heavy (non-hydrogen) atoms. The van der Waals surface area contributed by atoms with Gasteiger partial charge in [0.25, 0.3) is 0 Å². The molecule has 5 atom stereocenters. The predicted octanol–water partition coefficient (Wildman–Crippen LogP) is 6.68. The van der Waals surface area contributed by atoms with Gasteiger partial charge in [-0.05, 0) is 31.1 Å². The highest BCUT2D eigenvalue weighted by atomic mass is 32.5. The molecule has 1 rings (SSSR count). The minimum absolute atomic E-state index is 0.00326. The van der Waals surface area contributed by atoms with Crippen LogP contribution in [0.25, 0.3) is 0 Å². The summed E-state index contributed by atoms with van der Waals surface area (Å²) in [6.45, 7) is -0.536. The lowest BCUT2D eigenvalue weighted by molar-refractivity contribution is -0.0206. The zero-order chi connectivity index (χ0) is 25.2. The van der Waals surface area contributed by atoms with Crippen LogP contribution in [0.5, 0.6) is 0 Å². The summed E-state index contributed by atoms with van der Waals surface area (Å²) in [5.74, 6) is 0.0382. The molecule has 9 heteroatoms. The molecule has 0 aromatic heterocycles. The molecular weight excluding hydrogens is 489 g/mol. The Morgan fingerprint density at radius 1 is 0.882 bits per heavy atom. The van der Waals surface area contributed by atoms with Crippen LogP contribution in [0.3, 0.4) is 0 Å². The van der Waals surface area contributed by atoms with Crippen LogP contribution in [0.15, 0.2) is 0 Å². The van der Waals surface area contributed by atoms with Gasteiger partial charge in [-0.2, -0.15) is 0 Å². The molecule has 0 saturated heterocycles. The fraction of sp³-hybridized carbons (Fsp3) is 0.960. The van der Waals surface area contributed by atoms with Crippen LogP contribution in [0.2, 0.25) is 0 Å². The fourth-order valence-electron chi connectivity index (χ4n) is 4.83. The summed E-state index contributed by atoms with van der Waals surface area (Å²) < 4.78 is 21.9. The van der Waals surface area contributed by atoms with Gasteiger partial charge in [-0.3, -0.25) is 0 Å². The lowest BCUT2D eigenvalue weighted by Gasteiger charge is -2.28. The van der Waals surface area contributed by atoms with E-state index in [2.05, 4.69) is 12.2 Å². The molecule has 0 aromatic carbocycles. The van der Waals surface area contributed by atoms with Gasteiger partial charge in [0, 0.05) is 27.2 Å². The zero-order valence-electron chi connectivity index (χ0n) is 22.0. The predicted molar refractivity (Wildman–Crippen MR) is 149 cm³/mol. The first-order valence-electron chi connectivity index (χ1n) is 13.3. The number of thiocarbonyl (C=S) groups is 1. The highest BCUT2D eigenvalue weighted by molar-refractivity contribution is 8.07. The molecular formula is C25H50NO5PS2. The number of methoxy groups -OCH3 is 2. The van der Waals surface area contributed by atoms with E-state index in [4.69, 9.17) is 42.5 Å². The Morgan fingerprint density at radius 2 is 1.41 bits per heavy atom. The summed E-state index contributed by atoms with van der Waals surface area (Å²) in [5, 5.41) is 3.47. The third-order valence-electron chi connectivity index (χ3n) is 6.73. The van der Waals surface area contributed by atoms with Gasteiger partial charge in [-0.15, -0.1) is 0 Å². The lowest BCUT2D eigenvalue weighted by atomic mass is 10.0. The topological polar surface area (TPSA) is 69.2 Å². The number of unbranched alkanes of at least 4 members (excludes halogenated alkanes) is 12. The van der Waals surface area contributed by atoms with E-state index < -0.39 is 12.8 Å². The SMILES string of the molecule is CCCCCCCCCCCCCCCC(=S)N[C@H]1C[C@H](COC)C(OP(O)(=S)OC)[C@@H]1OC. The second-order valence-electron chi connectivity index (χ2n) is 9.54. The van der Waals surface area contributed by atoms with Crippen LogP contribution in [0, 0.1) is 5.92 Å². The standard InChI is InChI=1S/C25H50NO5PS2/c1-5-6-7-8-9-10-11-12-13-14-15-16-17-18-23(33)26-22-19-21(20-28-2)24(25(22)29-3)31-32(27,34)30-4/h21-22,24-25H,5-20H2,1-4H3,(H,26,33)(H,27,34)/t21-,22+,24?,25-,32?/m1/s1. The first-order chi connectivity index (χ1) is 16.4. The van der Waals surface area contributed by atoms with Gasteiger partial charge in [0.15, 0.2) is 0 Å². The average Bonchev–Trinajstić information content (AvgIpc) is 3.11. The molecule has 0 amide bonds. The molecule has 6 nitrogen and oxygen atoms in total. The Labute approximate surface area is 219 Å². The first-order valence-corrected chi connectivity index (χ1v) is 16.3. The maximum atomic E-state index is 10.2. The van der Waals surface area contributed by atoms with Gasteiger partial charge in [-0.25, -0.2) is 0 Å². The Morgan fingerprint density at radius 3 is 1.88 bits per heavy atom. The molecule has 0 spiro atoms. The van der Waals surface area contributed by atoms with E-state index in [1.54, 1.807) is 14.2 Å². The summed E-state index contributed by atoms with van der Waals surface area (Å²) in [4.78, 5) is 11.0. The minimum Gasteiger partial charge on any atom is -0.384 e. The average molecular weight is 540 g/mol. The van der Waals surface area contributed by atoms with E-state index >= 15 is 0 Å². The molecule has 202 valence electrons. The second-order valence-corrected chi connectivity index (χ2v) is 12.9. The van der Waals surface area contributed by atoms with Crippen molar-refractivity contribution < 1.29 is 23.4 Å². The van der Waals surface area contributed by atoms with E-state index in [0.29, 0.717) is 6.61 Å². The van der Waals surface area contributed by atoms with Crippen LogP contribution in [0.1, 0.15) is 103 Å². The van der Waals surface area contributed by atoms with Gasteiger partial charge in [0.05, 0.1) is 17.6 Å². The Balaban J connectivity index is 2.23. The van der Waals surface area contributed by atoms with Gasteiger partial charge in [0.2, 0.25) is 0 Å². The number of ether oxygens (including phenoxy) is 2. The van der Waals surface area contributed by atoms with Crippen LogP contribution in [-0.4, -0.2) is 56.1 Å². The second kappa shape index (κ2) is 19.5. The molecule has 1 fully saturated rings. The molecule has 1 aliphatic carbocycles. The Bertz CT molecular complexity index is 584. The van der Waals surface area contributed by atoms with Crippen LogP contribution in [0.4, 0.5) is 0 Å². The fourth-order valence-corrected chi connectivity index (χ4v) is 6.11. The van der Waals surface area contributed by atoms with Gasteiger partial charge >= 0.3 is 6.72 Å². The van der Waals surface area contributed by atoms with E-state index in [0.717, 1.165) is 24.3 Å². The van der Waals surface area contributed by atoms with Crippen molar-refractivity contribution in [3.63, 3.8) is 0 Å². The van der Waals surface area contributed by atoms with E-state index in [9.17, 15) is 4.89 Å². The van der Waals surface area contributed by atoms with Gasteiger partial charge in [0.1, 0.15) is 12.2 Å². The summed E-state index contributed by atoms with van der Waals surface area (Å²) >= 11 is 10.7. The molecule has 1 aliphatic rings. The Kier molecular flexibility index (Phi) is 18.5. The molecule has 0 radical (unpaired) electrons. The molecule has 2 N–H and O–H groups in total. The molecule has 0 aromatic rings. The first kappa shape index (κ1) is 32.4. The van der Waals surface area contributed by atoms with Gasteiger partial charge in [-0.1, -0.05) is 96.2 Å². The maximum Gasteiger partial charge on any atom is 0.324 e. The normalized spacial score (nSPS) is 24.3. The lowest BCUT2D eigenvalue weighted by Crippen LogP contribution is -2.44. The van der Waals surface area contributed by atoms with Crippen molar-refractivity contribution in [1.29, 1.82) is 0 Å². The van der Waals surface area contributed by atoms with Crippen molar-refractivity contribution in [2.45, 2.75) is 121 Å². The van der Waals surface area contributed by atoms with E-state index in [1.807, 2.05) is 0 Å². The van der Waals surface area contributed by atoms with Crippen molar-refractivity contribution in [2.75, 3.05) is 27.9 Å². The third-order valence-corrected chi connectivity index (χ3v) is 8.73. The largest absolute Gasteiger partial charge is 0.384 e. The molecule has 1 saturated carbocycles. The maximum absolute atomic E-state index is 10.2. The molecule has 0 heterocycles. The molecule has 0 bridgehead atoms. The third kappa shape index (κ3) is 13.6. The monoisotopic (exact) mass is 539 g/mol. The van der Waals surface area contributed by atoms with Crippen molar-refractivity contribution in [3.05, 3.63) is 0 Å². The number of nitrogens with one attached hydrogen (secondary N) is 1. The summed E-state index contributed by atoms with van der Waals surface area (Å²) in [6, 6.07) is -0.00326. The molecule has 2 unspecified atom stereocenters. The quantitative estimate of drug-likeness (QED) is 0.0951. The number of hydrogen-bond donors (Lipinski definition) is 2. The van der Waals surface area contributed by atoms with Crippen molar-refractivity contribution >= 4 is 35.7 Å². The summed E-state index contributed by atoms with van der Waals surface area (Å²) in [5.41, 5.74) is 0. The highest BCUT2D eigenvalue weighted by Gasteiger charge is 2.46. The highest BCUT2D eigenvalue weighted by Crippen LogP contribution is 2.48.